The first-order chi connectivity index (χ1) is 8.77. The van der Waals surface area contributed by atoms with Gasteiger partial charge in [-0.05, 0) is 30.7 Å². The van der Waals surface area contributed by atoms with Gasteiger partial charge in [0.15, 0.2) is 0 Å². The van der Waals surface area contributed by atoms with E-state index in [0.29, 0.717) is 0 Å². The molecular formula is C16H11NO. The first-order valence-electron chi connectivity index (χ1n) is 6.02. The van der Waals surface area contributed by atoms with Gasteiger partial charge in [0.25, 0.3) is 0 Å². The predicted octanol–water partition coefficient (Wildman–Crippen LogP) is 3.48. The molecule has 2 nitrogen and oxygen atoms in total. The summed E-state index contributed by atoms with van der Waals surface area (Å²) < 4.78 is 2.09. The summed E-state index contributed by atoms with van der Waals surface area (Å²) >= 11 is 0. The largest absolute Gasteiger partial charge is 0.305 e. The average molecular weight is 233 g/mol. The molecule has 2 aromatic carbocycles. The number of nitrogens with zero attached hydrogens (tertiary/aromatic N) is 1. The Balaban J connectivity index is 2.23. The van der Waals surface area contributed by atoms with E-state index in [2.05, 4.69) is 23.6 Å². The molecule has 0 atom stereocenters. The molecule has 86 valence electrons. The fraction of sp³-hybridized carbons (Fsp3) is 0.0625. The van der Waals surface area contributed by atoms with Crippen molar-refractivity contribution in [1.82, 2.24) is 4.57 Å². The second-order valence-electron chi connectivity index (χ2n) is 4.72. The highest BCUT2D eigenvalue weighted by molar-refractivity contribution is 6.17. The molecule has 0 saturated heterocycles. The van der Waals surface area contributed by atoms with Crippen molar-refractivity contribution in [3.63, 3.8) is 0 Å². The van der Waals surface area contributed by atoms with Gasteiger partial charge in [-0.25, -0.2) is 0 Å². The van der Waals surface area contributed by atoms with Crippen molar-refractivity contribution in [2.75, 3.05) is 0 Å². The molecule has 4 rings (SSSR count). The van der Waals surface area contributed by atoms with Gasteiger partial charge >= 0.3 is 0 Å². The maximum atomic E-state index is 12.3. The van der Waals surface area contributed by atoms with Gasteiger partial charge in [-0.15, -0.1) is 0 Å². The summed E-state index contributed by atoms with van der Waals surface area (Å²) in [5, 5.41) is 1.13. The van der Waals surface area contributed by atoms with Crippen molar-refractivity contribution in [2.24, 2.45) is 0 Å². The van der Waals surface area contributed by atoms with E-state index < -0.39 is 0 Å². The van der Waals surface area contributed by atoms with Crippen LogP contribution in [0.5, 0.6) is 0 Å². The number of carbonyl (C=O) groups excluding carboxylic acids is 1. The van der Waals surface area contributed by atoms with Crippen LogP contribution in [0.25, 0.3) is 16.6 Å². The number of hydrogen-bond donors (Lipinski definition) is 0. The maximum absolute atomic E-state index is 12.3. The second kappa shape index (κ2) is 3.10. The van der Waals surface area contributed by atoms with Crippen LogP contribution in [-0.4, -0.2) is 10.4 Å². The Hall–Kier alpha value is -2.35. The Morgan fingerprint density at radius 3 is 2.72 bits per heavy atom. The highest BCUT2D eigenvalue weighted by Gasteiger charge is 2.28. The lowest BCUT2D eigenvalue weighted by Crippen LogP contribution is -1.94. The zero-order valence-electron chi connectivity index (χ0n) is 9.97. The van der Waals surface area contributed by atoms with Gasteiger partial charge in [0.05, 0.1) is 16.9 Å². The van der Waals surface area contributed by atoms with E-state index in [1.807, 2.05) is 36.4 Å². The van der Waals surface area contributed by atoms with E-state index in [0.717, 1.165) is 27.8 Å². The fourth-order valence-electron chi connectivity index (χ4n) is 2.85. The van der Waals surface area contributed by atoms with Crippen molar-refractivity contribution in [3.05, 3.63) is 65.4 Å². The molecule has 0 unspecified atom stereocenters. The van der Waals surface area contributed by atoms with Crippen LogP contribution < -0.4 is 0 Å². The lowest BCUT2D eigenvalue weighted by atomic mass is 10.1. The molecule has 18 heavy (non-hydrogen) atoms. The van der Waals surface area contributed by atoms with Crippen molar-refractivity contribution < 1.29 is 4.79 Å². The third kappa shape index (κ3) is 1.00. The molecule has 0 fully saturated rings. The lowest BCUT2D eigenvalue weighted by molar-refractivity contribution is 0.104. The van der Waals surface area contributed by atoms with E-state index in [4.69, 9.17) is 0 Å². The van der Waals surface area contributed by atoms with Crippen LogP contribution in [0.3, 0.4) is 0 Å². The van der Waals surface area contributed by atoms with E-state index in [9.17, 15) is 4.79 Å². The van der Waals surface area contributed by atoms with Crippen LogP contribution in [0, 0.1) is 6.92 Å². The average Bonchev–Trinajstić information content (AvgIpc) is 2.89. The van der Waals surface area contributed by atoms with Crippen molar-refractivity contribution in [2.45, 2.75) is 6.92 Å². The number of aryl methyl sites for hydroxylation is 1. The Morgan fingerprint density at radius 1 is 1.00 bits per heavy atom. The number of ketones is 1. The predicted molar refractivity (Wildman–Crippen MR) is 71.4 cm³/mol. The standard InChI is InChI=1S/C16H11NO/c1-10-5-4-6-11-9-14-16(18)12-7-2-3-8-13(12)17(14)15(10)11/h2-9H,1H3. The van der Waals surface area contributed by atoms with Crippen molar-refractivity contribution in [3.8, 4) is 5.69 Å². The van der Waals surface area contributed by atoms with Crippen LogP contribution in [-0.2, 0) is 0 Å². The number of benzene rings is 2. The molecular weight excluding hydrogens is 222 g/mol. The molecule has 0 saturated carbocycles. The molecule has 0 aliphatic carbocycles. The summed E-state index contributed by atoms with van der Waals surface area (Å²) in [6.45, 7) is 2.08. The first kappa shape index (κ1) is 9.66. The van der Waals surface area contributed by atoms with Gasteiger partial charge in [-0.3, -0.25) is 4.79 Å². The summed E-state index contributed by atoms with van der Waals surface area (Å²) in [5.41, 5.74) is 4.93. The summed E-state index contributed by atoms with van der Waals surface area (Å²) in [6.07, 6.45) is 0. The molecule has 1 aromatic heterocycles. The Morgan fingerprint density at radius 2 is 1.83 bits per heavy atom. The summed E-state index contributed by atoms with van der Waals surface area (Å²) in [6, 6.07) is 16.0. The van der Waals surface area contributed by atoms with Gasteiger partial charge in [-0.1, -0.05) is 30.3 Å². The highest BCUT2D eigenvalue weighted by Crippen LogP contribution is 2.35. The summed E-state index contributed by atoms with van der Waals surface area (Å²) in [5.74, 6) is 0.126. The van der Waals surface area contributed by atoms with Crippen molar-refractivity contribution in [1.29, 1.82) is 0 Å². The fourth-order valence-corrected chi connectivity index (χ4v) is 2.85. The lowest BCUT2D eigenvalue weighted by Gasteiger charge is -2.05. The van der Waals surface area contributed by atoms with Crippen LogP contribution in [0.1, 0.15) is 21.6 Å². The third-order valence-electron chi connectivity index (χ3n) is 3.65. The number of carbonyl (C=O) groups is 1. The van der Waals surface area contributed by atoms with Crippen molar-refractivity contribution >= 4 is 16.7 Å². The first-order valence-corrected chi connectivity index (χ1v) is 6.02. The Bertz CT molecular complexity index is 811. The minimum Gasteiger partial charge on any atom is -0.305 e. The van der Waals surface area contributed by atoms with E-state index in [1.54, 1.807) is 0 Å². The number of para-hydroxylation sites is 2. The van der Waals surface area contributed by atoms with Crippen LogP contribution in [0.4, 0.5) is 0 Å². The quantitative estimate of drug-likeness (QED) is 0.455. The Kier molecular flexibility index (Phi) is 1.67. The summed E-state index contributed by atoms with van der Waals surface area (Å²) in [4.78, 5) is 12.3. The van der Waals surface area contributed by atoms with Gasteiger partial charge in [0.1, 0.15) is 0 Å². The van der Waals surface area contributed by atoms with Crippen LogP contribution in [0.15, 0.2) is 48.5 Å². The van der Waals surface area contributed by atoms with E-state index in [-0.39, 0.29) is 5.78 Å². The second-order valence-corrected chi connectivity index (χ2v) is 4.72. The summed E-state index contributed by atoms with van der Waals surface area (Å²) in [7, 11) is 0. The Labute approximate surface area is 104 Å². The highest BCUT2D eigenvalue weighted by atomic mass is 16.1. The topological polar surface area (TPSA) is 22.0 Å². The molecule has 2 heteroatoms. The molecule has 0 spiro atoms. The molecule has 0 N–H and O–H groups in total. The minimum atomic E-state index is 0.126. The number of rotatable bonds is 0. The van der Waals surface area contributed by atoms with Gasteiger partial charge < -0.3 is 4.57 Å². The van der Waals surface area contributed by atoms with Crippen LogP contribution >= 0.6 is 0 Å². The van der Waals surface area contributed by atoms with Crippen LogP contribution in [0.2, 0.25) is 0 Å². The van der Waals surface area contributed by atoms with E-state index >= 15 is 0 Å². The minimum absolute atomic E-state index is 0.126. The monoisotopic (exact) mass is 233 g/mol. The molecule has 0 amide bonds. The van der Waals surface area contributed by atoms with E-state index in [1.165, 1.54) is 5.56 Å². The number of aromatic nitrogens is 1. The normalized spacial score (nSPS) is 12.8. The SMILES string of the molecule is Cc1cccc2cc3n(c12)-c1ccccc1C3=O. The number of hydrogen-bond acceptors (Lipinski definition) is 1. The van der Waals surface area contributed by atoms with Gasteiger partial charge in [0, 0.05) is 10.9 Å². The molecule has 0 radical (unpaired) electrons. The van der Waals surface area contributed by atoms with Gasteiger partial charge in [-0.2, -0.15) is 0 Å². The molecule has 2 heterocycles. The molecule has 0 bridgehead atoms. The van der Waals surface area contributed by atoms with Gasteiger partial charge in [0.2, 0.25) is 5.78 Å². The zero-order valence-corrected chi connectivity index (χ0v) is 9.97. The zero-order chi connectivity index (χ0) is 12.3. The molecule has 1 aliphatic rings. The smallest absolute Gasteiger partial charge is 0.211 e. The maximum Gasteiger partial charge on any atom is 0.211 e. The third-order valence-corrected chi connectivity index (χ3v) is 3.65. The number of fused-ring (bicyclic) bond motifs is 5. The molecule has 3 aromatic rings. The molecule has 1 aliphatic heterocycles.